The quantitative estimate of drug-likeness (QED) is 0.882. The van der Waals surface area contributed by atoms with Gasteiger partial charge >= 0.3 is 6.09 Å². The molecule has 0 spiro atoms. The van der Waals surface area contributed by atoms with Crippen molar-refractivity contribution in [2.45, 2.75) is 26.4 Å². The van der Waals surface area contributed by atoms with E-state index in [1.807, 2.05) is 26.8 Å². The van der Waals surface area contributed by atoms with E-state index in [0.29, 0.717) is 18.1 Å². The summed E-state index contributed by atoms with van der Waals surface area (Å²) in [4.78, 5) is 15.4. The number of pyridine rings is 1. The van der Waals surface area contributed by atoms with Crippen LogP contribution in [0.2, 0.25) is 0 Å². The number of carbonyl (C=O) groups is 1. The molecule has 110 valence electrons. The van der Waals surface area contributed by atoms with Crippen LogP contribution >= 0.6 is 0 Å². The molecule has 0 fully saturated rings. The predicted octanol–water partition coefficient (Wildman–Crippen LogP) is 2.21. The molecule has 1 heterocycles. The first-order valence-electron chi connectivity index (χ1n) is 6.25. The molecule has 6 nitrogen and oxygen atoms in total. The zero-order chi connectivity index (χ0) is 15.2. The summed E-state index contributed by atoms with van der Waals surface area (Å²) < 4.78 is 10.2. The normalized spacial score (nSPS) is 11.4. The van der Waals surface area contributed by atoms with E-state index in [2.05, 4.69) is 10.3 Å². The number of carbonyl (C=O) groups excluding carboxylic acids is 1. The van der Waals surface area contributed by atoms with Crippen molar-refractivity contribution in [3.63, 3.8) is 0 Å². The molecule has 0 saturated heterocycles. The van der Waals surface area contributed by atoms with Crippen LogP contribution in [0.5, 0.6) is 5.75 Å². The Morgan fingerprint density at radius 3 is 2.80 bits per heavy atom. The molecule has 20 heavy (non-hydrogen) atoms. The molecule has 0 bridgehead atoms. The number of hydrogen-bond donors (Lipinski definition) is 2. The average molecular weight is 279 g/mol. The van der Waals surface area contributed by atoms with Crippen LogP contribution in [0, 0.1) is 0 Å². The topological polar surface area (TPSA) is 86.5 Å². The van der Waals surface area contributed by atoms with Gasteiger partial charge in [0.1, 0.15) is 5.60 Å². The van der Waals surface area contributed by atoms with Gasteiger partial charge in [0.2, 0.25) is 0 Å². The van der Waals surface area contributed by atoms with Crippen LogP contribution in [-0.4, -0.2) is 30.3 Å². The molecule has 0 aliphatic heterocycles. The SMILES string of the molecule is COc1cc(C=CCNC(=O)OC(C)(C)C)cnc1N. The molecule has 1 rings (SSSR count). The van der Waals surface area contributed by atoms with Gasteiger partial charge in [0, 0.05) is 12.7 Å². The minimum atomic E-state index is -0.498. The third kappa shape index (κ3) is 5.60. The van der Waals surface area contributed by atoms with Crippen molar-refractivity contribution in [1.82, 2.24) is 10.3 Å². The van der Waals surface area contributed by atoms with Crippen molar-refractivity contribution in [2.75, 3.05) is 19.4 Å². The first-order chi connectivity index (χ1) is 9.31. The third-order valence-corrected chi connectivity index (χ3v) is 2.20. The molecule has 0 aliphatic carbocycles. The number of alkyl carbamates (subject to hydrolysis) is 1. The van der Waals surface area contributed by atoms with Crippen molar-refractivity contribution in [2.24, 2.45) is 0 Å². The van der Waals surface area contributed by atoms with Gasteiger partial charge in [-0.05, 0) is 32.4 Å². The summed E-state index contributed by atoms with van der Waals surface area (Å²) in [6.45, 7) is 5.81. The van der Waals surface area contributed by atoms with E-state index in [-0.39, 0.29) is 0 Å². The number of amides is 1. The number of nitrogens with one attached hydrogen (secondary N) is 1. The third-order valence-electron chi connectivity index (χ3n) is 2.20. The number of methoxy groups -OCH3 is 1. The van der Waals surface area contributed by atoms with E-state index in [4.69, 9.17) is 15.2 Å². The summed E-state index contributed by atoms with van der Waals surface area (Å²) in [5, 5.41) is 2.63. The molecule has 1 amide bonds. The summed E-state index contributed by atoms with van der Waals surface area (Å²) in [5.41, 5.74) is 5.96. The number of aromatic nitrogens is 1. The molecule has 3 N–H and O–H groups in total. The summed E-state index contributed by atoms with van der Waals surface area (Å²) >= 11 is 0. The summed E-state index contributed by atoms with van der Waals surface area (Å²) in [6, 6.07) is 1.77. The number of ether oxygens (including phenoxy) is 2. The minimum absolute atomic E-state index is 0.344. The maximum absolute atomic E-state index is 11.4. The van der Waals surface area contributed by atoms with Crippen molar-refractivity contribution in [3.8, 4) is 5.75 Å². The van der Waals surface area contributed by atoms with E-state index in [1.54, 1.807) is 18.3 Å². The fraction of sp³-hybridized carbons (Fsp3) is 0.429. The number of rotatable bonds is 4. The van der Waals surface area contributed by atoms with E-state index in [9.17, 15) is 4.79 Å². The minimum Gasteiger partial charge on any atom is -0.493 e. The van der Waals surface area contributed by atoms with Gasteiger partial charge in [-0.15, -0.1) is 0 Å². The Morgan fingerprint density at radius 2 is 2.20 bits per heavy atom. The fourth-order valence-electron chi connectivity index (χ4n) is 1.38. The van der Waals surface area contributed by atoms with Gasteiger partial charge in [-0.2, -0.15) is 0 Å². The van der Waals surface area contributed by atoms with Crippen LogP contribution in [0.25, 0.3) is 6.08 Å². The number of nitrogens with zero attached hydrogens (tertiary/aromatic N) is 1. The van der Waals surface area contributed by atoms with Crippen molar-refractivity contribution in [1.29, 1.82) is 0 Å². The second kappa shape index (κ2) is 6.79. The summed E-state index contributed by atoms with van der Waals surface area (Å²) in [5.74, 6) is 0.865. The Balaban J connectivity index is 2.47. The lowest BCUT2D eigenvalue weighted by Crippen LogP contribution is -2.32. The second-order valence-corrected chi connectivity index (χ2v) is 5.14. The summed E-state index contributed by atoms with van der Waals surface area (Å²) in [6.07, 6.45) is 4.78. The highest BCUT2D eigenvalue weighted by atomic mass is 16.6. The Kier molecular flexibility index (Phi) is 5.37. The second-order valence-electron chi connectivity index (χ2n) is 5.14. The smallest absolute Gasteiger partial charge is 0.407 e. The standard InChI is InChI=1S/C14H21N3O3/c1-14(2,3)20-13(18)16-7-5-6-10-8-11(19-4)12(15)17-9-10/h5-6,8-9H,7H2,1-4H3,(H2,15,17)(H,16,18). The summed E-state index contributed by atoms with van der Waals surface area (Å²) in [7, 11) is 1.53. The van der Waals surface area contributed by atoms with Crippen molar-refractivity contribution < 1.29 is 14.3 Å². The van der Waals surface area contributed by atoms with Crippen molar-refractivity contribution in [3.05, 3.63) is 23.9 Å². The number of hydrogen-bond acceptors (Lipinski definition) is 5. The predicted molar refractivity (Wildman–Crippen MR) is 78.5 cm³/mol. The molecule has 0 aromatic carbocycles. The number of nitrogens with two attached hydrogens (primary N) is 1. The zero-order valence-electron chi connectivity index (χ0n) is 12.3. The first-order valence-corrected chi connectivity index (χ1v) is 6.25. The Bertz CT molecular complexity index is 493. The molecule has 6 heteroatoms. The average Bonchev–Trinajstić information content (AvgIpc) is 2.34. The number of anilines is 1. The van der Waals surface area contributed by atoms with E-state index < -0.39 is 11.7 Å². The molecule has 0 aliphatic rings. The maximum Gasteiger partial charge on any atom is 0.407 e. The highest BCUT2D eigenvalue weighted by Crippen LogP contribution is 2.19. The molecule has 0 unspecified atom stereocenters. The molecule has 1 aromatic heterocycles. The zero-order valence-corrected chi connectivity index (χ0v) is 12.3. The van der Waals surface area contributed by atoms with Crippen LogP contribution in [0.15, 0.2) is 18.3 Å². The van der Waals surface area contributed by atoms with Gasteiger partial charge in [-0.1, -0.05) is 12.2 Å². The lowest BCUT2D eigenvalue weighted by molar-refractivity contribution is 0.0534. The van der Waals surface area contributed by atoms with Crippen LogP contribution in [-0.2, 0) is 4.74 Å². The van der Waals surface area contributed by atoms with Gasteiger partial charge in [0.25, 0.3) is 0 Å². The van der Waals surface area contributed by atoms with Gasteiger partial charge < -0.3 is 20.5 Å². The molecular weight excluding hydrogens is 258 g/mol. The molecule has 0 atom stereocenters. The van der Waals surface area contributed by atoms with Gasteiger partial charge in [0.15, 0.2) is 11.6 Å². The molecule has 0 radical (unpaired) electrons. The van der Waals surface area contributed by atoms with Gasteiger partial charge in [-0.25, -0.2) is 9.78 Å². The Morgan fingerprint density at radius 1 is 1.50 bits per heavy atom. The maximum atomic E-state index is 11.4. The largest absolute Gasteiger partial charge is 0.493 e. The molecular formula is C14H21N3O3. The number of nitrogen functional groups attached to an aromatic ring is 1. The molecule has 0 saturated carbocycles. The lowest BCUT2D eigenvalue weighted by Gasteiger charge is -2.19. The van der Waals surface area contributed by atoms with Crippen LogP contribution in [0.1, 0.15) is 26.3 Å². The van der Waals surface area contributed by atoms with Crippen LogP contribution in [0.3, 0.4) is 0 Å². The highest BCUT2D eigenvalue weighted by Gasteiger charge is 2.14. The van der Waals surface area contributed by atoms with E-state index >= 15 is 0 Å². The highest BCUT2D eigenvalue weighted by molar-refractivity contribution is 5.68. The van der Waals surface area contributed by atoms with Crippen LogP contribution < -0.4 is 15.8 Å². The first kappa shape index (κ1) is 15.8. The Labute approximate surface area is 119 Å². The van der Waals surface area contributed by atoms with Crippen molar-refractivity contribution >= 4 is 18.0 Å². The lowest BCUT2D eigenvalue weighted by atomic mass is 10.2. The van der Waals surface area contributed by atoms with Gasteiger partial charge in [-0.3, -0.25) is 0 Å². The van der Waals surface area contributed by atoms with Crippen LogP contribution in [0.4, 0.5) is 10.6 Å². The fourth-order valence-corrected chi connectivity index (χ4v) is 1.38. The van der Waals surface area contributed by atoms with Gasteiger partial charge in [0.05, 0.1) is 7.11 Å². The monoisotopic (exact) mass is 279 g/mol. The van der Waals surface area contributed by atoms with E-state index in [0.717, 1.165) is 5.56 Å². The van der Waals surface area contributed by atoms with E-state index in [1.165, 1.54) is 7.11 Å². The Hall–Kier alpha value is -2.24. The molecule has 1 aromatic rings.